The largest absolute Gasteiger partial charge is 0.494 e. The van der Waals surface area contributed by atoms with Crippen molar-refractivity contribution in [1.82, 2.24) is 10.2 Å². The molecule has 0 saturated heterocycles. The lowest BCUT2D eigenvalue weighted by Crippen LogP contribution is -2.51. The van der Waals surface area contributed by atoms with Crippen molar-refractivity contribution in [3.8, 4) is 5.75 Å². The lowest BCUT2D eigenvalue weighted by Gasteiger charge is -2.33. The molecule has 0 aliphatic rings. The van der Waals surface area contributed by atoms with Gasteiger partial charge in [-0.05, 0) is 79.6 Å². The molecule has 0 fully saturated rings. The molecule has 8 nitrogen and oxygen atoms in total. The third kappa shape index (κ3) is 7.69. The van der Waals surface area contributed by atoms with E-state index in [-0.39, 0.29) is 23.0 Å². The van der Waals surface area contributed by atoms with Gasteiger partial charge in [0.2, 0.25) is 11.8 Å². The highest BCUT2D eigenvalue weighted by molar-refractivity contribution is 9.10. The maximum Gasteiger partial charge on any atom is 0.264 e. The van der Waals surface area contributed by atoms with Gasteiger partial charge in [-0.3, -0.25) is 13.9 Å². The molecule has 214 valence electrons. The molecule has 1 atom stereocenters. The Morgan fingerprint density at radius 2 is 1.62 bits per heavy atom. The van der Waals surface area contributed by atoms with Gasteiger partial charge in [0, 0.05) is 18.1 Å². The number of carbonyl (C=O) groups is 2. The molecule has 0 heterocycles. The zero-order chi connectivity index (χ0) is 29.4. The van der Waals surface area contributed by atoms with E-state index in [1.54, 1.807) is 61.5 Å². The Morgan fingerprint density at radius 1 is 0.975 bits per heavy atom. The fourth-order valence-corrected chi connectivity index (χ4v) is 6.06. The Labute approximate surface area is 253 Å². The van der Waals surface area contributed by atoms with Crippen LogP contribution in [0.25, 0.3) is 0 Å². The Morgan fingerprint density at radius 3 is 2.17 bits per heavy atom. The summed E-state index contributed by atoms with van der Waals surface area (Å²) in [5, 5.41) is 3.24. The quantitative estimate of drug-likeness (QED) is 0.259. The molecule has 3 aromatic carbocycles. The van der Waals surface area contributed by atoms with Gasteiger partial charge in [-0.15, -0.1) is 0 Å². The average Bonchev–Trinajstić information content (AvgIpc) is 2.94. The second kappa shape index (κ2) is 14.2. The molecule has 3 rings (SSSR count). The second-order valence-electron chi connectivity index (χ2n) is 8.70. The van der Waals surface area contributed by atoms with Crippen LogP contribution in [0.2, 0.25) is 10.0 Å². The molecule has 3 aromatic rings. The van der Waals surface area contributed by atoms with E-state index in [1.165, 1.54) is 24.1 Å². The fourth-order valence-electron chi connectivity index (χ4n) is 4.06. The van der Waals surface area contributed by atoms with Gasteiger partial charge in [0.05, 0.1) is 27.2 Å². The van der Waals surface area contributed by atoms with Gasteiger partial charge in [0.1, 0.15) is 18.3 Å². The van der Waals surface area contributed by atoms with E-state index in [9.17, 15) is 18.0 Å². The van der Waals surface area contributed by atoms with Crippen LogP contribution in [-0.4, -0.2) is 51.4 Å². The molecular weight excluding hydrogens is 641 g/mol. The smallest absolute Gasteiger partial charge is 0.264 e. The fraction of sp³-hybridized carbons (Fsp3) is 0.286. The van der Waals surface area contributed by atoms with E-state index in [4.69, 9.17) is 27.9 Å². The average molecular weight is 671 g/mol. The van der Waals surface area contributed by atoms with E-state index in [1.807, 2.05) is 6.92 Å². The zero-order valence-electron chi connectivity index (χ0n) is 22.2. The normalized spacial score (nSPS) is 11.9. The van der Waals surface area contributed by atoms with E-state index in [0.29, 0.717) is 38.9 Å². The van der Waals surface area contributed by atoms with Crippen LogP contribution in [0.3, 0.4) is 0 Å². The van der Waals surface area contributed by atoms with Crippen LogP contribution in [0.1, 0.15) is 25.8 Å². The number of carbonyl (C=O) groups excluding carboxylic acids is 2. The highest BCUT2D eigenvalue weighted by Gasteiger charge is 2.33. The van der Waals surface area contributed by atoms with Crippen molar-refractivity contribution in [1.29, 1.82) is 0 Å². The van der Waals surface area contributed by atoms with Crippen molar-refractivity contribution in [3.63, 3.8) is 0 Å². The number of ether oxygens (including phenoxy) is 1. The van der Waals surface area contributed by atoms with Crippen molar-refractivity contribution >= 4 is 66.7 Å². The molecule has 0 saturated carbocycles. The van der Waals surface area contributed by atoms with Crippen LogP contribution in [0.4, 0.5) is 5.69 Å². The van der Waals surface area contributed by atoms with Crippen molar-refractivity contribution in [2.45, 2.75) is 37.8 Å². The lowest BCUT2D eigenvalue weighted by atomic mass is 10.1. The number of benzene rings is 3. The number of anilines is 1. The molecule has 0 spiro atoms. The Balaban J connectivity index is 2.06. The molecule has 0 aromatic heterocycles. The second-order valence-corrected chi connectivity index (χ2v) is 12.3. The third-order valence-electron chi connectivity index (χ3n) is 6.09. The van der Waals surface area contributed by atoms with Crippen molar-refractivity contribution in [2.24, 2.45) is 0 Å². The number of sulfonamides is 1. The molecule has 0 aliphatic heterocycles. The third-order valence-corrected chi connectivity index (χ3v) is 9.14. The lowest BCUT2D eigenvalue weighted by molar-refractivity contribution is -0.140. The molecule has 0 unspecified atom stereocenters. The number of halogens is 3. The minimum Gasteiger partial charge on any atom is -0.494 e. The first-order valence-corrected chi connectivity index (χ1v) is 15.5. The predicted octanol–water partition coefficient (Wildman–Crippen LogP) is 5.90. The Kier molecular flexibility index (Phi) is 11.3. The number of hydrogen-bond acceptors (Lipinski definition) is 5. The van der Waals surface area contributed by atoms with Crippen molar-refractivity contribution in [3.05, 3.63) is 86.8 Å². The van der Waals surface area contributed by atoms with Crippen LogP contribution >= 0.6 is 39.1 Å². The number of amides is 2. The number of nitrogens with one attached hydrogen (secondary N) is 1. The molecule has 0 radical (unpaired) electrons. The molecule has 1 N–H and O–H groups in total. The summed E-state index contributed by atoms with van der Waals surface area (Å²) in [4.78, 5) is 28.1. The van der Waals surface area contributed by atoms with E-state index < -0.39 is 28.5 Å². The van der Waals surface area contributed by atoms with Crippen molar-refractivity contribution in [2.75, 3.05) is 24.5 Å². The number of likely N-dealkylation sites (N-methyl/N-ethyl adjacent to an activating group) is 1. The zero-order valence-corrected chi connectivity index (χ0v) is 26.1. The summed E-state index contributed by atoms with van der Waals surface area (Å²) in [6.07, 6.45) is 0.301. The Bertz CT molecular complexity index is 1440. The van der Waals surface area contributed by atoms with Gasteiger partial charge >= 0.3 is 0 Å². The van der Waals surface area contributed by atoms with Crippen molar-refractivity contribution < 1.29 is 22.7 Å². The molecule has 0 bridgehead atoms. The molecule has 40 heavy (non-hydrogen) atoms. The summed E-state index contributed by atoms with van der Waals surface area (Å²) < 4.78 is 35.0. The standard InChI is InChI=1S/C28H30BrCl2N3O5S/c1-4-26(28(36)32-3)33(17-19-6-15-24(30)25(31)16-19)27(35)18-34(21-9-11-22(12-10-21)39-5-2)40(37,38)23-13-7-20(29)8-14-23/h6-16,26H,4-5,17-18H2,1-3H3,(H,32,36)/t26-/m1/s1. The van der Waals surface area contributed by atoms with E-state index >= 15 is 0 Å². The molecule has 0 aliphatic carbocycles. The Hall–Kier alpha value is -2.79. The molecular formula is C28H30BrCl2N3O5S. The first-order chi connectivity index (χ1) is 19.0. The number of hydrogen-bond donors (Lipinski definition) is 1. The van der Waals surface area contributed by atoms with Crippen LogP contribution in [0.5, 0.6) is 5.75 Å². The highest BCUT2D eigenvalue weighted by atomic mass is 79.9. The molecule has 12 heteroatoms. The summed E-state index contributed by atoms with van der Waals surface area (Å²) in [5.74, 6) is -0.388. The minimum atomic E-state index is -4.18. The number of rotatable bonds is 12. The maximum atomic E-state index is 14.0. The van der Waals surface area contributed by atoms with E-state index in [2.05, 4.69) is 21.2 Å². The van der Waals surface area contributed by atoms with Crippen LogP contribution < -0.4 is 14.4 Å². The monoisotopic (exact) mass is 669 g/mol. The summed E-state index contributed by atoms with van der Waals surface area (Å²) in [5.41, 5.74) is 0.899. The van der Waals surface area contributed by atoms with Gasteiger partial charge in [-0.2, -0.15) is 0 Å². The van der Waals surface area contributed by atoms with Gasteiger partial charge in [-0.25, -0.2) is 8.42 Å². The van der Waals surface area contributed by atoms with E-state index in [0.717, 1.165) is 4.31 Å². The molecule has 2 amide bonds. The topological polar surface area (TPSA) is 96.0 Å². The maximum absolute atomic E-state index is 14.0. The van der Waals surface area contributed by atoms with Gasteiger partial charge in [-0.1, -0.05) is 52.1 Å². The first-order valence-electron chi connectivity index (χ1n) is 12.5. The van der Waals surface area contributed by atoms with Crippen LogP contribution in [-0.2, 0) is 26.2 Å². The first kappa shape index (κ1) is 31.7. The van der Waals surface area contributed by atoms with Gasteiger partial charge in [0.15, 0.2) is 0 Å². The van der Waals surface area contributed by atoms with Gasteiger partial charge in [0.25, 0.3) is 10.0 Å². The summed E-state index contributed by atoms with van der Waals surface area (Å²) in [6, 6.07) is 16.6. The van der Waals surface area contributed by atoms with Gasteiger partial charge < -0.3 is 15.0 Å². The summed E-state index contributed by atoms with van der Waals surface area (Å²) in [6.45, 7) is 3.52. The van der Waals surface area contributed by atoms with Crippen LogP contribution in [0.15, 0.2) is 76.1 Å². The van der Waals surface area contributed by atoms with Crippen LogP contribution in [0, 0.1) is 0 Å². The summed E-state index contributed by atoms with van der Waals surface area (Å²) in [7, 11) is -2.70. The predicted molar refractivity (Wildman–Crippen MR) is 161 cm³/mol. The number of nitrogens with zero attached hydrogens (tertiary/aromatic N) is 2. The summed E-state index contributed by atoms with van der Waals surface area (Å²) >= 11 is 15.6. The highest BCUT2D eigenvalue weighted by Crippen LogP contribution is 2.28. The minimum absolute atomic E-state index is 0.00626. The SMILES string of the molecule is CCOc1ccc(N(CC(=O)N(Cc2ccc(Cl)c(Cl)c2)[C@H](CC)C(=O)NC)S(=O)(=O)c2ccc(Br)cc2)cc1.